The van der Waals surface area contributed by atoms with Gasteiger partial charge in [0.05, 0.1) is 17.8 Å². The Hall–Kier alpha value is -2.97. The number of ether oxygens (including phenoxy) is 1. The molecule has 1 aromatic heterocycles. The maximum absolute atomic E-state index is 13.8. The van der Waals surface area contributed by atoms with Crippen LogP contribution in [0.4, 0.5) is 4.39 Å². The summed E-state index contributed by atoms with van der Waals surface area (Å²) < 4.78 is 21.2. The smallest absolute Gasteiger partial charge is 0.257 e. The minimum Gasteiger partial charge on any atom is -0.491 e. The van der Waals surface area contributed by atoms with E-state index in [9.17, 15) is 14.0 Å². The van der Waals surface area contributed by atoms with E-state index in [1.165, 1.54) is 18.2 Å². The summed E-state index contributed by atoms with van der Waals surface area (Å²) in [4.78, 5) is 26.8. The van der Waals surface area contributed by atoms with Gasteiger partial charge >= 0.3 is 0 Å². The molecule has 1 saturated heterocycles. The number of hydrogen-bond donors (Lipinski definition) is 1. The SMILES string of the molecule is O=C1CCc2cn(nn2)CCOc2ccc(F)cc2C(=O)N2CCC(CC2)N1. The minimum atomic E-state index is -0.482. The lowest BCUT2D eigenvalue weighted by Gasteiger charge is -2.32. The van der Waals surface area contributed by atoms with Crippen molar-refractivity contribution in [3.05, 3.63) is 41.5 Å². The van der Waals surface area contributed by atoms with Crippen LogP contribution >= 0.6 is 0 Å². The van der Waals surface area contributed by atoms with Crippen molar-refractivity contribution in [3.8, 4) is 5.75 Å². The Balaban J connectivity index is 1.58. The maximum atomic E-state index is 13.8. The molecule has 1 fully saturated rings. The number of piperidine rings is 1. The third kappa shape index (κ3) is 4.13. The van der Waals surface area contributed by atoms with Gasteiger partial charge in [0.1, 0.15) is 18.2 Å². The van der Waals surface area contributed by atoms with Crippen molar-refractivity contribution < 1.29 is 18.7 Å². The second-order valence-corrected chi connectivity index (χ2v) is 7.10. The molecule has 0 saturated carbocycles. The van der Waals surface area contributed by atoms with E-state index in [1.807, 2.05) is 0 Å². The quantitative estimate of drug-likeness (QED) is 0.733. The molecular weight excluding hydrogens is 365 g/mol. The molecule has 0 atom stereocenters. The van der Waals surface area contributed by atoms with Crippen molar-refractivity contribution in [1.29, 1.82) is 0 Å². The molecule has 2 aromatic rings. The van der Waals surface area contributed by atoms with Crippen LogP contribution in [0.15, 0.2) is 24.4 Å². The molecule has 148 valence electrons. The number of carbonyl (C=O) groups excluding carboxylic acids is 2. The average Bonchev–Trinajstić information content (AvgIpc) is 3.15. The van der Waals surface area contributed by atoms with E-state index in [0.29, 0.717) is 51.1 Å². The van der Waals surface area contributed by atoms with Gasteiger partial charge in [0, 0.05) is 38.2 Å². The van der Waals surface area contributed by atoms with Crippen LogP contribution in [0.3, 0.4) is 0 Å². The lowest BCUT2D eigenvalue weighted by atomic mass is 10.0. The number of amides is 2. The zero-order chi connectivity index (χ0) is 19.5. The maximum Gasteiger partial charge on any atom is 0.257 e. The number of halogens is 1. The van der Waals surface area contributed by atoms with Crippen molar-refractivity contribution in [2.24, 2.45) is 0 Å². The zero-order valence-corrected chi connectivity index (χ0v) is 15.4. The van der Waals surface area contributed by atoms with Gasteiger partial charge in [-0.1, -0.05) is 5.21 Å². The summed E-state index contributed by atoms with van der Waals surface area (Å²) in [6, 6.07) is 4.01. The number of aromatic nitrogens is 3. The van der Waals surface area contributed by atoms with Crippen LogP contribution in [0.25, 0.3) is 0 Å². The number of hydrogen-bond acceptors (Lipinski definition) is 5. The van der Waals surface area contributed by atoms with Crippen LogP contribution in [-0.2, 0) is 17.8 Å². The highest BCUT2D eigenvalue weighted by Crippen LogP contribution is 2.24. The molecule has 3 aliphatic heterocycles. The van der Waals surface area contributed by atoms with Crippen molar-refractivity contribution >= 4 is 11.8 Å². The van der Waals surface area contributed by atoms with Crippen LogP contribution < -0.4 is 10.1 Å². The number of nitrogens with zero attached hydrogens (tertiary/aromatic N) is 4. The highest BCUT2D eigenvalue weighted by atomic mass is 19.1. The number of carbonyl (C=O) groups is 2. The van der Waals surface area contributed by atoms with Crippen LogP contribution in [0.5, 0.6) is 5.75 Å². The van der Waals surface area contributed by atoms with Gasteiger partial charge in [-0.3, -0.25) is 9.59 Å². The van der Waals surface area contributed by atoms with Crippen LogP contribution in [0.1, 0.15) is 35.3 Å². The second kappa shape index (κ2) is 7.95. The molecule has 3 aliphatic rings. The molecule has 0 radical (unpaired) electrons. The van der Waals surface area contributed by atoms with Crippen molar-refractivity contribution in [2.45, 2.75) is 38.3 Å². The van der Waals surface area contributed by atoms with Gasteiger partial charge in [-0.15, -0.1) is 5.10 Å². The summed E-state index contributed by atoms with van der Waals surface area (Å²) in [5.74, 6) is -0.415. The monoisotopic (exact) mass is 387 g/mol. The van der Waals surface area contributed by atoms with Gasteiger partial charge in [-0.25, -0.2) is 9.07 Å². The van der Waals surface area contributed by atoms with E-state index in [0.717, 1.165) is 5.69 Å². The molecule has 1 aromatic carbocycles. The molecule has 0 unspecified atom stereocenters. The van der Waals surface area contributed by atoms with Gasteiger partial charge < -0.3 is 15.0 Å². The van der Waals surface area contributed by atoms with Gasteiger partial charge in [-0.2, -0.15) is 0 Å². The molecule has 0 aliphatic carbocycles. The summed E-state index contributed by atoms with van der Waals surface area (Å²) >= 11 is 0. The Kier molecular flexibility index (Phi) is 5.23. The Morgan fingerprint density at radius 2 is 1.96 bits per heavy atom. The third-order valence-corrected chi connectivity index (χ3v) is 5.09. The van der Waals surface area contributed by atoms with Crippen molar-refractivity contribution in [3.63, 3.8) is 0 Å². The molecule has 4 bridgehead atoms. The Labute approximate surface area is 161 Å². The van der Waals surface area contributed by atoms with Gasteiger partial charge in [0.15, 0.2) is 0 Å². The topological polar surface area (TPSA) is 89.4 Å². The summed E-state index contributed by atoms with van der Waals surface area (Å²) in [6.07, 6.45) is 3.98. The lowest BCUT2D eigenvalue weighted by molar-refractivity contribution is -0.122. The predicted molar refractivity (Wildman–Crippen MR) is 97.3 cm³/mol. The summed E-state index contributed by atoms with van der Waals surface area (Å²) in [6.45, 7) is 1.70. The summed E-state index contributed by atoms with van der Waals surface area (Å²) in [5.41, 5.74) is 0.956. The second-order valence-electron chi connectivity index (χ2n) is 7.10. The van der Waals surface area contributed by atoms with Gasteiger partial charge in [-0.05, 0) is 31.0 Å². The van der Waals surface area contributed by atoms with E-state index in [1.54, 1.807) is 15.8 Å². The average molecular weight is 387 g/mol. The normalized spacial score (nSPS) is 19.0. The van der Waals surface area contributed by atoms with E-state index >= 15 is 0 Å². The molecule has 0 spiro atoms. The molecule has 8 nitrogen and oxygen atoms in total. The first-order valence-electron chi connectivity index (χ1n) is 9.48. The zero-order valence-electron chi connectivity index (χ0n) is 15.4. The fourth-order valence-corrected chi connectivity index (χ4v) is 3.55. The molecule has 9 heteroatoms. The van der Waals surface area contributed by atoms with Crippen LogP contribution in [0, 0.1) is 5.82 Å². The fraction of sp³-hybridized carbons (Fsp3) is 0.474. The fourth-order valence-electron chi connectivity index (χ4n) is 3.55. The highest BCUT2D eigenvalue weighted by Gasteiger charge is 2.27. The number of aryl methyl sites for hydroxylation is 1. The number of fused-ring (bicyclic) bond motifs is 7. The molecule has 28 heavy (non-hydrogen) atoms. The summed E-state index contributed by atoms with van der Waals surface area (Å²) in [7, 11) is 0. The Morgan fingerprint density at radius 3 is 2.79 bits per heavy atom. The Morgan fingerprint density at radius 1 is 1.14 bits per heavy atom. The first-order valence-corrected chi connectivity index (χ1v) is 9.48. The van der Waals surface area contributed by atoms with E-state index in [2.05, 4.69) is 15.6 Å². The van der Waals surface area contributed by atoms with Crippen molar-refractivity contribution in [1.82, 2.24) is 25.2 Å². The van der Waals surface area contributed by atoms with E-state index < -0.39 is 5.82 Å². The third-order valence-electron chi connectivity index (χ3n) is 5.09. The van der Waals surface area contributed by atoms with Gasteiger partial charge in [0.2, 0.25) is 5.91 Å². The number of rotatable bonds is 0. The largest absolute Gasteiger partial charge is 0.491 e. The van der Waals surface area contributed by atoms with E-state index in [-0.39, 0.29) is 30.0 Å². The highest BCUT2D eigenvalue weighted by molar-refractivity contribution is 5.97. The first-order chi connectivity index (χ1) is 13.6. The predicted octanol–water partition coefficient (Wildman–Crippen LogP) is 1.16. The molecular formula is C19H22FN5O3. The van der Waals surface area contributed by atoms with E-state index in [4.69, 9.17) is 4.74 Å². The van der Waals surface area contributed by atoms with Crippen molar-refractivity contribution in [2.75, 3.05) is 19.7 Å². The minimum absolute atomic E-state index is 0.0283. The lowest BCUT2D eigenvalue weighted by Crippen LogP contribution is -2.46. The first kappa shape index (κ1) is 18.4. The summed E-state index contributed by atoms with van der Waals surface area (Å²) in [5, 5.41) is 11.1. The number of benzene rings is 1. The Bertz CT molecular complexity index is 876. The molecule has 2 amide bonds. The molecule has 5 rings (SSSR count). The molecule has 4 heterocycles. The van der Waals surface area contributed by atoms with Crippen LogP contribution in [0.2, 0.25) is 0 Å². The van der Waals surface area contributed by atoms with Crippen LogP contribution in [-0.4, -0.2) is 57.4 Å². The standard InChI is InChI=1S/C19H22FN5O3/c20-13-1-3-17-16(11-13)19(27)24-7-5-14(6-8-24)21-18(26)4-2-15-12-25(23-22-15)9-10-28-17/h1,3,11-12,14H,2,4-10H2,(H,21,26). The number of nitrogens with one attached hydrogen (secondary N) is 1. The molecule has 1 N–H and O–H groups in total. The van der Waals surface area contributed by atoms with Gasteiger partial charge in [0.25, 0.3) is 5.91 Å².